The molecule has 1 N–H and O–H groups in total. The van der Waals surface area contributed by atoms with E-state index in [0.717, 1.165) is 11.3 Å². The second kappa shape index (κ2) is 6.26. The van der Waals surface area contributed by atoms with Crippen molar-refractivity contribution in [2.45, 2.75) is 23.5 Å². The number of hydrogen-bond donors (Lipinski definition) is 1. The Kier molecular flexibility index (Phi) is 5.25. The molecule has 1 rings (SSSR count). The Bertz CT molecular complexity index is 528. The number of nitrogens with one attached hydrogen (secondary N) is 1. The standard InChI is InChI=1S/C10H14N2O4S2/c1-7(10(15-2)16-3)12-18(13,14)9-5-4-8(6-11)17-9/h4-5,7,10,12H,1-3H3. The van der Waals surface area contributed by atoms with Crippen LogP contribution in [0.4, 0.5) is 0 Å². The Balaban J connectivity index is 2.85. The summed E-state index contributed by atoms with van der Waals surface area (Å²) in [4.78, 5) is 0.345. The van der Waals surface area contributed by atoms with E-state index in [1.54, 1.807) is 6.92 Å². The van der Waals surface area contributed by atoms with Gasteiger partial charge in [-0.2, -0.15) is 5.26 Å². The first-order valence-electron chi connectivity index (χ1n) is 5.02. The molecule has 0 fully saturated rings. The zero-order valence-electron chi connectivity index (χ0n) is 10.2. The first kappa shape index (κ1) is 15.1. The Morgan fingerprint density at radius 3 is 2.44 bits per heavy atom. The van der Waals surface area contributed by atoms with E-state index < -0.39 is 22.4 Å². The molecule has 0 spiro atoms. The third-order valence-corrected chi connectivity index (χ3v) is 5.21. The zero-order chi connectivity index (χ0) is 13.8. The van der Waals surface area contributed by atoms with Crippen molar-refractivity contribution in [2.75, 3.05) is 14.2 Å². The molecule has 0 saturated heterocycles. The van der Waals surface area contributed by atoms with E-state index in [1.165, 1.54) is 26.4 Å². The number of rotatable bonds is 6. The summed E-state index contributed by atoms with van der Waals surface area (Å²) in [6, 6.07) is 4.21. The summed E-state index contributed by atoms with van der Waals surface area (Å²) in [6.07, 6.45) is -0.671. The van der Waals surface area contributed by atoms with Gasteiger partial charge in [-0.05, 0) is 19.1 Å². The number of sulfonamides is 1. The van der Waals surface area contributed by atoms with Gasteiger partial charge in [-0.25, -0.2) is 13.1 Å². The fourth-order valence-electron chi connectivity index (χ4n) is 1.39. The van der Waals surface area contributed by atoms with Gasteiger partial charge in [0.1, 0.15) is 15.2 Å². The van der Waals surface area contributed by atoms with E-state index in [1.807, 2.05) is 6.07 Å². The molecule has 0 aliphatic rings. The molecule has 0 aromatic carbocycles. The summed E-state index contributed by atoms with van der Waals surface area (Å²) in [5, 5.41) is 8.67. The second-order valence-electron chi connectivity index (χ2n) is 3.48. The predicted molar refractivity (Wildman–Crippen MR) is 66.6 cm³/mol. The lowest BCUT2D eigenvalue weighted by molar-refractivity contribution is -0.115. The van der Waals surface area contributed by atoms with Crippen molar-refractivity contribution < 1.29 is 17.9 Å². The summed E-state index contributed by atoms with van der Waals surface area (Å²) in [5.41, 5.74) is 0. The quantitative estimate of drug-likeness (QED) is 0.787. The lowest BCUT2D eigenvalue weighted by atomic mass is 10.3. The Morgan fingerprint density at radius 1 is 1.39 bits per heavy atom. The monoisotopic (exact) mass is 290 g/mol. The highest BCUT2D eigenvalue weighted by Gasteiger charge is 2.24. The molecule has 6 nitrogen and oxygen atoms in total. The highest BCUT2D eigenvalue weighted by atomic mass is 32.2. The summed E-state index contributed by atoms with van der Waals surface area (Å²) >= 11 is 0.916. The number of hydrogen-bond acceptors (Lipinski definition) is 6. The topological polar surface area (TPSA) is 88.4 Å². The third-order valence-electron chi connectivity index (χ3n) is 2.17. The molecular weight excluding hydrogens is 276 g/mol. The highest BCUT2D eigenvalue weighted by Crippen LogP contribution is 2.21. The smallest absolute Gasteiger partial charge is 0.250 e. The lowest BCUT2D eigenvalue weighted by Crippen LogP contribution is -2.42. The molecule has 1 atom stereocenters. The molecule has 1 aromatic heterocycles. The van der Waals surface area contributed by atoms with Crippen molar-refractivity contribution in [1.29, 1.82) is 5.26 Å². The maximum atomic E-state index is 12.0. The average Bonchev–Trinajstić information content (AvgIpc) is 2.79. The van der Waals surface area contributed by atoms with E-state index in [-0.39, 0.29) is 4.21 Å². The molecule has 100 valence electrons. The van der Waals surface area contributed by atoms with Crippen molar-refractivity contribution in [3.05, 3.63) is 17.0 Å². The van der Waals surface area contributed by atoms with Gasteiger partial charge in [0.05, 0.1) is 6.04 Å². The van der Waals surface area contributed by atoms with Crippen LogP contribution in [0.3, 0.4) is 0 Å². The minimum absolute atomic E-state index is 0.0943. The fraction of sp³-hybridized carbons (Fsp3) is 0.500. The van der Waals surface area contributed by atoms with Gasteiger partial charge in [-0.1, -0.05) is 0 Å². The fourth-order valence-corrected chi connectivity index (χ4v) is 3.74. The van der Waals surface area contributed by atoms with Crippen molar-refractivity contribution in [3.8, 4) is 6.07 Å². The lowest BCUT2D eigenvalue weighted by Gasteiger charge is -2.21. The van der Waals surface area contributed by atoms with Crippen LogP contribution in [-0.4, -0.2) is 35.0 Å². The SMILES string of the molecule is COC(OC)C(C)NS(=O)(=O)c1ccc(C#N)s1. The summed E-state index contributed by atoms with van der Waals surface area (Å²) in [6.45, 7) is 1.63. The zero-order valence-corrected chi connectivity index (χ0v) is 11.8. The molecule has 0 aliphatic heterocycles. The van der Waals surface area contributed by atoms with Gasteiger partial charge in [0.2, 0.25) is 0 Å². The molecule has 0 aliphatic carbocycles. The Morgan fingerprint density at radius 2 is 2.00 bits per heavy atom. The molecule has 1 aromatic rings. The number of nitriles is 1. The molecule has 0 radical (unpaired) electrons. The van der Waals surface area contributed by atoms with Crippen LogP contribution in [0.5, 0.6) is 0 Å². The summed E-state index contributed by atoms with van der Waals surface area (Å²) in [5.74, 6) is 0. The number of nitrogens with zero attached hydrogens (tertiary/aromatic N) is 1. The number of thiophene rings is 1. The van der Waals surface area contributed by atoms with Crippen molar-refractivity contribution in [1.82, 2.24) is 4.72 Å². The molecular formula is C10H14N2O4S2. The molecule has 1 heterocycles. The average molecular weight is 290 g/mol. The van der Waals surface area contributed by atoms with Gasteiger partial charge in [-0.15, -0.1) is 11.3 Å². The Labute approximate surface area is 110 Å². The number of methoxy groups -OCH3 is 2. The number of ether oxygens (including phenoxy) is 2. The maximum absolute atomic E-state index is 12.0. The van der Waals surface area contributed by atoms with Gasteiger partial charge < -0.3 is 9.47 Å². The van der Waals surface area contributed by atoms with E-state index in [2.05, 4.69) is 4.72 Å². The normalized spacial score (nSPS) is 13.5. The van der Waals surface area contributed by atoms with Crippen LogP contribution in [0, 0.1) is 11.3 Å². The highest BCUT2D eigenvalue weighted by molar-refractivity contribution is 7.91. The largest absolute Gasteiger partial charge is 0.354 e. The minimum atomic E-state index is -3.66. The van der Waals surface area contributed by atoms with Crippen LogP contribution in [0.25, 0.3) is 0 Å². The predicted octanol–water partition coefficient (Wildman–Crippen LogP) is 0.905. The molecule has 18 heavy (non-hydrogen) atoms. The van der Waals surface area contributed by atoms with Crippen LogP contribution in [-0.2, 0) is 19.5 Å². The van der Waals surface area contributed by atoms with Gasteiger partial charge in [-0.3, -0.25) is 0 Å². The first-order valence-corrected chi connectivity index (χ1v) is 7.32. The summed E-state index contributed by atoms with van der Waals surface area (Å²) < 4.78 is 36.4. The molecule has 8 heteroatoms. The second-order valence-corrected chi connectivity index (χ2v) is 6.50. The van der Waals surface area contributed by atoms with Gasteiger partial charge in [0, 0.05) is 14.2 Å². The van der Waals surface area contributed by atoms with Gasteiger partial charge >= 0.3 is 0 Å². The van der Waals surface area contributed by atoms with Crippen LogP contribution >= 0.6 is 11.3 Å². The van der Waals surface area contributed by atoms with E-state index >= 15 is 0 Å². The van der Waals surface area contributed by atoms with E-state index in [0.29, 0.717) is 4.88 Å². The summed E-state index contributed by atoms with van der Waals surface area (Å²) in [7, 11) is -0.800. The minimum Gasteiger partial charge on any atom is -0.354 e. The van der Waals surface area contributed by atoms with Crippen LogP contribution < -0.4 is 4.72 Å². The van der Waals surface area contributed by atoms with Crippen LogP contribution in [0.2, 0.25) is 0 Å². The molecule has 1 unspecified atom stereocenters. The van der Waals surface area contributed by atoms with Crippen molar-refractivity contribution >= 4 is 21.4 Å². The van der Waals surface area contributed by atoms with Crippen molar-refractivity contribution in [2.24, 2.45) is 0 Å². The van der Waals surface area contributed by atoms with Crippen LogP contribution in [0.15, 0.2) is 16.3 Å². The first-order chi connectivity index (χ1) is 8.44. The van der Waals surface area contributed by atoms with E-state index in [4.69, 9.17) is 14.7 Å². The van der Waals surface area contributed by atoms with Gasteiger partial charge in [0.25, 0.3) is 10.0 Å². The molecule has 0 bridgehead atoms. The molecule has 0 saturated carbocycles. The van der Waals surface area contributed by atoms with Crippen LogP contribution in [0.1, 0.15) is 11.8 Å². The third kappa shape index (κ3) is 3.51. The maximum Gasteiger partial charge on any atom is 0.250 e. The van der Waals surface area contributed by atoms with E-state index in [9.17, 15) is 8.42 Å². The van der Waals surface area contributed by atoms with Gasteiger partial charge in [0.15, 0.2) is 6.29 Å². The Hall–Kier alpha value is -0.980. The molecule has 0 amide bonds. The van der Waals surface area contributed by atoms with Crippen molar-refractivity contribution in [3.63, 3.8) is 0 Å².